The average molecular weight is 207 g/mol. The number of carbonyl (C=O) groups excluding carboxylic acids is 3. The van der Waals surface area contributed by atoms with E-state index in [1.807, 2.05) is 0 Å². The SMILES string of the molecule is CCOC(=O)C(=O)C(=O)c1ccncc1. The van der Waals surface area contributed by atoms with Gasteiger partial charge in [-0.3, -0.25) is 14.6 Å². The monoisotopic (exact) mass is 207 g/mol. The van der Waals surface area contributed by atoms with Gasteiger partial charge < -0.3 is 4.74 Å². The van der Waals surface area contributed by atoms with E-state index in [4.69, 9.17) is 0 Å². The third kappa shape index (κ3) is 2.70. The quantitative estimate of drug-likeness (QED) is 0.309. The van der Waals surface area contributed by atoms with Crippen molar-refractivity contribution in [2.75, 3.05) is 6.61 Å². The molecule has 0 bridgehead atoms. The molecule has 0 unspecified atom stereocenters. The van der Waals surface area contributed by atoms with Crippen molar-refractivity contribution in [1.82, 2.24) is 4.98 Å². The molecule has 0 fully saturated rings. The second-order valence-electron chi connectivity index (χ2n) is 2.61. The molecule has 0 atom stereocenters. The van der Waals surface area contributed by atoms with Gasteiger partial charge in [0.2, 0.25) is 5.78 Å². The maximum atomic E-state index is 11.4. The van der Waals surface area contributed by atoms with E-state index < -0.39 is 17.5 Å². The number of pyridine rings is 1. The van der Waals surface area contributed by atoms with Crippen LogP contribution in [-0.4, -0.2) is 29.1 Å². The van der Waals surface area contributed by atoms with Crippen LogP contribution in [0.5, 0.6) is 0 Å². The lowest BCUT2D eigenvalue weighted by Crippen LogP contribution is -2.26. The Morgan fingerprint density at radius 2 is 1.87 bits per heavy atom. The van der Waals surface area contributed by atoms with Gasteiger partial charge in [-0.15, -0.1) is 0 Å². The Morgan fingerprint density at radius 3 is 2.40 bits per heavy atom. The van der Waals surface area contributed by atoms with Crippen LogP contribution in [0.3, 0.4) is 0 Å². The summed E-state index contributed by atoms with van der Waals surface area (Å²) in [6.45, 7) is 1.62. The molecule has 0 spiro atoms. The third-order valence-corrected chi connectivity index (χ3v) is 1.61. The van der Waals surface area contributed by atoms with Gasteiger partial charge in [0.25, 0.3) is 0 Å². The summed E-state index contributed by atoms with van der Waals surface area (Å²) in [4.78, 5) is 37.2. The van der Waals surface area contributed by atoms with Crippen LogP contribution >= 0.6 is 0 Å². The molecule has 1 rings (SSSR count). The smallest absolute Gasteiger partial charge is 0.383 e. The van der Waals surface area contributed by atoms with Crippen LogP contribution in [-0.2, 0) is 14.3 Å². The zero-order valence-electron chi connectivity index (χ0n) is 8.10. The van der Waals surface area contributed by atoms with Crippen molar-refractivity contribution < 1.29 is 19.1 Å². The highest BCUT2D eigenvalue weighted by molar-refractivity contribution is 6.65. The molecule has 1 heterocycles. The summed E-state index contributed by atoms with van der Waals surface area (Å²) in [7, 11) is 0. The average Bonchev–Trinajstić information content (AvgIpc) is 2.28. The maximum Gasteiger partial charge on any atom is 0.383 e. The number of ketones is 2. The first-order valence-corrected chi connectivity index (χ1v) is 4.32. The van der Waals surface area contributed by atoms with E-state index >= 15 is 0 Å². The van der Waals surface area contributed by atoms with Crippen molar-refractivity contribution in [3.8, 4) is 0 Å². The third-order valence-electron chi connectivity index (χ3n) is 1.61. The van der Waals surface area contributed by atoms with Crippen LogP contribution in [0.4, 0.5) is 0 Å². The molecule has 0 aliphatic rings. The summed E-state index contributed by atoms with van der Waals surface area (Å²) in [5, 5.41) is 0. The van der Waals surface area contributed by atoms with Crippen molar-refractivity contribution in [1.29, 1.82) is 0 Å². The Bertz CT molecular complexity index is 386. The number of esters is 1. The Kier molecular flexibility index (Phi) is 3.68. The van der Waals surface area contributed by atoms with E-state index in [-0.39, 0.29) is 12.2 Å². The minimum Gasteiger partial charge on any atom is -0.460 e. The highest BCUT2D eigenvalue weighted by atomic mass is 16.5. The second-order valence-corrected chi connectivity index (χ2v) is 2.61. The van der Waals surface area contributed by atoms with Crippen molar-refractivity contribution in [3.63, 3.8) is 0 Å². The first kappa shape index (κ1) is 11.0. The molecule has 0 aliphatic heterocycles. The zero-order chi connectivity index (χ0) is 11.3. The molecule has 78 valence electrons. The minimum absolute atomic E-state index is 0.0637. The van der Waals surface area contributed by atoms with E-state index in [9.17, 15) is 14.4 Å². The van der Waals surface area contributed by atoms with Gasteiger partial charge in [0.15, 0.2) is 0 Å². The number of hydrogen-bond acceptors (Lipinski definition) is 5. The zero-order valence-corrected chi connectivity index (χ0v) is 8.10. The largest absolute Gasteiger partial charge is 0.460 e. The molecule has 0 aliphatic carbocycles. The molecule has 5 nitrogen and oxygen atoms in total. The molecule has 1 aromatic rings. The minimum atomic E-state index is -1.16. The summed E-state index contributed by atoms with van der Waals surface area (Å²) >= 11 is 0. The molecule has 0 radical (unpaired) electrons. The Labute approximate surface area is 86.1 Å². The number of Topliss-reactive ketones (excluding diaryl/α,β-unsaturated/α-hetero) is 2. The first-order valence-electron chi connectivity index (χ1n) is 4.32. The van der Waals surface area contributed by atoms with Crippen LogP contribution in [0.2, 0.25) is 0 Å². The summed E-state index contributed by atoms with van der Waals surface area (Å²) in [6.07, 6.45) is 2.73. The van der Waals surface area contributed by atoms with Crippen molar-refractivity contribution in [2.24, 2.45) is 0 Å². The number of rotatable bonds is 4. The number of carbonyl (C=O) groups is 3. The molecule has 0 N–H and O–H groups in total. The molecule has 1 aromatic heterocycles. The molecule has 0 saturated heterocycles. The standard InChI is InChI=1S/C10H9NO4/c1-2-15-10(14)9(13)8(12)7-3-5-11-6-4-7/h3-6H,2H2,1H3. The van der Waals surface area contributed by atoms with E-state index in [2.05, 4.69) is 9.72 Å². The number of ether oxygens (including phenoxy) is 1. The fraction of sp³-hybridized carbons (Fsp3) is 0.200. The Morgan fingerprint density at radius 1 is 1.27 bits per heavy atom. The summed E-state index contributed by atoms with van der Waals surface area (Å²) in [5.41, 5.74) is 0.128. The Hall–Kier alpha value is -2.04. The van der Waals surface area contributed by atoms with Gasteiger partial charge in [-0.05, 0) is 19.1 Å². The van der Waals surface area contributed by atoms with Crippen molar-refractivity contribution in [3.05, 3.63) is 30.1 Å². The number of nitrogens with zero attached hydrogens (tertiary/aromatic N) is 1. The molecular weight excluding hydrogens is 198 g/mol. The van der Waals surface area contributed by atoms with Crippen LogP contribution in [0.15, 0.2) is 24.5 Å². The van der Waals surface area contributed by atoms with E-state index in [1.54, 1.807) is 6.92 Å². The van der Waals surface area contributed by atoms with Crippen LogP contribution < -0.4 is 0 Å². The lowest BCUT2D eigenvalue weighted by Gasteiger charge is -1.99. The lowest BCUT2D eigenvalue weighted by molar-refractivity contribution is -0.151. The predicted octanol–water partition coefficient (Wildman–Crippen LogP) is 0.396. The molecule has 0 saturated carbocycles. The normalized spacial score (nSPS) is 9.40. The fourth-order valence-corrected chi connectivity index (χ4v) is 0.924. The lowest BCUT2D eigenvalue weighted by atomic mass is 10.1. The van der Waals surface area contributed by atoms with Gasteiger partial charge >= 0.3 is 11.8 Å². The molecule has 15 heavy (non-hydrogen) atoms. The van der Waals surface area contributed by atoms with Gasteiger partial charge in [-0.1, -0.05) is 0 Å². The van der Waals surface area contributed by atoms with Crippen LogP contribution in [0.25, 0.3) is 0 Å². The highest BCUT2D eigenvalue weighted by Gasteiger charge is 2.24. The first-order chi connectivity index (χ1) is 7.16. The topological polar surface area (TPSA) is 73.3 Å². The van der Waals surface area contributed by atoms with Gasteiger partial charge in [0, 0.05) is 18.0 Å². The van der Waals surface area contributed by atoms with Crippen molar-refractivity contribution >= 4 is 17.5 Å². The summed E-state index contributed by atoms with van der Waals surface area (Å²) in [5.74, 6) is -3.17. The number of hydrogen-bond donors (Lipinski definition) is 0. The molecule has 0 aromatic carbocycles. The molecule has 5 heteroatoms. The maximum absolute atomic E-state index is 11.4. The van der Waals surface area contributed by atoms with Crippen molar-refractivity contribution in [2.45, 2.75) is 6.92 Å². The molecule has 0 amide bonds. The van der Waals surface area contributed by atoms with E-state index in [0.717, 1.165) is 0 Å². The van der Waals surface area contributed by atoms with Gasteiger partial charge in [0.1, 0.15) is 0 Å². The number of aromatic nitrogens is 1. The highest BCUT2D eigenvalue weighted by Crippen LogP contribution is 1.99. The van der Waals surface area contributed by atoms with Crippen LogP contribution in [0.1, 0.15) is 17.3 Å². The van der Waals surface area contributed by atoms with Gasteiger partial charge in [-0.25, -0.2) is 4.79 Å². The van der Waals surface area contributed by atoms with E-state index in [1.165, 1.54) is 24.5 Å². The predicted molar refractivity (Wildman–Crippen MR) is 50.2 cm³/mol. The Balaban J connectivity index is 2.78. The molecular formula is C10H9NO4. The summed E-state index contributed by atoms with van der Waals surface area (Å²) in [6, 6.07) is 2.72. The summed E-state index contributed by atoms with van der Waals surface area (Å²) < 4.78 is 4.42. The second kappa shape index (κ2) is 4.99. The van der Waals surface area contributed by atoms with Gasteiger partial charge in [-0.2, -0.15) is 0 Å². The van der Waals surface area contributed by atoms with E-state index in [0.29, 0.717) is 0 Å². The van der Waals surface area contributed by atoms with Gasteiger partial charge in [0.05, 0.1) is 6.61 Å². The van der Waals surface area contributed by atoms with Crippen LogP contribution in [0, 0.1) is 0 Å². The fourth-order valence-electron chi connectivity index (χ4n) is 0.924.